The first-order valence-electron chi connectivity index (χ1n) is 7.02. The normalized spacial score (nSPS) is 53.3. The molecule has 0 radical (unpaired) electrons. The number of aliphatic hydroxyl groups excluding tert-OH is 5. The van der Waals surface area contributed by atoms with Crippen molar-refractivity contribution in [2.24, 2.45) is 0 Å². The van der Waals surface area contributed by atoms with Crippen LogP contribution < -0.4 is 0 Å². The third-order valence-corrected chi connectivity index (χ3v) is 4.19. The molecule has 3 saturated heterocycles. The molecule has 3 fully saturated rings. The summed E-state index contributed by atoms with van der Waals surface area (Å²) in [7, 11) is 0. The molecule has 4 unspecified atom stereocenters. The Bertz CT molecular complexity index is 458. The topological polar surface area (TPSA) is 175 Å². The maximum atomic E-state index is 11.0. The van der Waals surface area contributed by atoms with E-state index < -0.39 is 67.4 Å². The fourth-order valence-corrected chi connectivity index (χ4v) is 2.92. The highest BCUT2D eigenvalue weighted by molar-refractivity contribution is 5.73. The molecule has 3 heterocycles. The first-order chi connectivity index (χ1) is 10.8. The van der Waals surface area contributed by atoms with Crippen molar-refractivity contribution < 1.29 is 54.4 Å². The van der Waals surface area contributed by atoms with Gasteiger partial charge in [-0.25, -0.2) is 4.79 Å². The standard InChI is InChI=1S/C12H18O11/c13-3-4(14)9(10(17)18)23-12(5(3)15)22-7-2-1-20-8(7)6(16)11(19)21-2/h2-9,11-16,19H,1H2,(H,17,18)/t2?,3-,4+,5-,6?,7+,8?,9?,11+,12+/m0/s1. The van der Waals surface area contributed by atoms with Gasteiger partial charge < -0.3 is 49.6 Å². The predicted octanol–water partition coefficient (Wildman–Crippen LogP) is -4.26. The number of fused-ring (bicyclic) bond motifs is 2. The van der Waals surface area contributed by atoms with Gasteiger partial charge in [-0.15, -0.1) is 0 Å². The van der Waals surface area contributed by atoms with Crippen molar-refractivity contribution in [1.82, 2.24) is 0 Å². The predicted molar refractivity (Wildman–Crippen MR) is 65.8 cm³/mol. The third kappa shape index (κ3) is 2.84. The van der Waals surface area contributed by atoms with Gasteiger partial charge in [-0.3, -0.25) is 0 Å². The Hall–Kier alpha value is -0.890. The van der Waals surface area contributed by atoms with Gasteiger partial charge >= 0.3 is 5.97 Å². The fraction of sp³-hybridized carbons (Fsp3) is 0.917. The summed E-state index contributed by atoms with van der Waals surface area (Å²) in [6.07, 6.45) is -14.3. The number of hydrogen-bond acceptors (Lipinski definition) is 10. The van der Waals surface area contributed by atoms with Gasteiger partial charge in [0, 0.05) is 0 Å². The van der Waals surface area contributed by atoms with Crippen LogP contribution in [0.4, 0.5) is 0 Å². The van der Waals surface area contributed by atoms with Crippen molar-refractivity contribution in [1.29, 1.82) is 0 Å². The summed E-state index contributed by atoms with van der Waals surface area (Å²) in [6.45, 7) is 0.0137. The van der Waals surface area contributed by atoms with E-state index in [4.69, 9.17) is 24.1 Å². The van der Waals surface area contributed by atoms with Gasteiger partial charge in [0.25, 0.3) is 0 Å². The first kappa shape index (κ1) is 17.0. The van der Waals surface area contributed by atoms with Crippen molar-refractivity contribution in [2.75, 3.05) is 6.61 Å². The van der Waals surface area contributed by atoms with Gasteiger partial charge in [-0.05, 0) is 0 Å². The number of carbonyl (C=O) groups is 1. The Kier molecular flexibility index (Phi) is 4.57. The molecule has 2 bridgehead atoms. The second-order valence-electron chi connectivity index (χ2n) is 5.69. The number of hydrogen-bond donors (Lipinski definition) is 6. The summed E-state index contributed by atoms with van der Waals surface area (Å²) >= 11 is 0. The SMILES string of the molecule is O=C(O)C1O[C@@H](O[C@@H]2C3COC2C(O)[C@H](O)O3)[C@@H](O)[C@@H](O)[C@H]1O. The highest BCUT2D eigenvalue weighted by atomic mass is 16.7. The van der Waals surface area contributed by atoms with E-state index in [2.05, 4.69) is 0 Å². The highest BCUT2D eigenvalue weighted by Crippen LogP contribution is 2.33. The van der Waals surface area contributed by atoms with E-state index in [9.17, 15) is 30.3 Å². The van der Waals surface area contributed by atoms with Crippen LogP contribution in [-0.4, -0.2) is 105 Å². The van der Waals surface area contributed by atoms with Crippen molar-refractivity contribution >= 4 is 5.97 Å². The quantitative estimate of drug-likeness (QED) is 0.294. The molecule has 6 N–H and O–H groups in total. The van der Waals surface area contributed by atoms with Gasteiger partial charge in [0.1, 0.15) is 42.7 Å². The Morgan fingerprint density at radius 1 is 0.957 bits per heavy atom. The Labute approximate surface area is 129 Å². The molecule has 0 saturated carbocycles. The summed E-state index contributed by atoms with van der Waals surface area (Å²) in [5.41, 5.74) is 0. The molecule has 0 spiro atoms. The number of carboxylic acid groups (broad SMARTS) is 1. The minimum Gasteiger partial charge on any atom is -0.479 e. The van der Waals surface area contributed by atoms with Crippen LogP contribution in [0, 0.1) is 0 Å². The molecule has 0 aromatic heterocycles. The summed E-state index contributed by atoms with van der Waals surface area (Å²) in [6, 6.07) is 0. The minimum atomic E-state index is -1.83. The lowest BCUT2D eigenvalue weighted by Gasteiger charge is -2.42. The molecule has 0 amide bonds. The van der Waals surface area contributed by atoms with Gasteiger partial charge in [0.15, 0.2) is 18.7 Å². The van der Waals surface area contributed by atoms with E-state index in [0.29, 0.717) is 0 Å². The molecular formula is C12H18O11. The summed E-state index contributed by atoms with van der Waals surface area (Å²) < 4.78 is 20.8. The van der Waals surface area contributed by atoms with Crippen LogP contribution >= 0.6 is 0 Å². The van der Waals surface area contributed by atoms with Gasteiger partial charge in [-0.1, -0.05) is 0 Å². The van der Waals surface area contributed by atoms with Crippen LogP contribution in [0.3, 0.4) is 0 Å². The highest BCUT2D eigenvalue weighted by Gasteiger charge is 2.55. The lowest BCUT2D eigenvalue weighted by molar-refractivity contribution is -0.331. The summed E-state index contributed by atoms with van der Waals surface area (Å²) in [4.78, 5) is 11.0. The lowest BCUT2D eigenvalue weighted by atomic mass is 9.98. The Balaban J connectivity index is 1.73. The number of aliphatic hydroxyl groups is 5. The van der Waals surface area contributed by atoms with Crippen LogP contribution in [0.5, 0.6) is 0 Å². The van der Waals surface area contributed by atoms with E-state index in [1.807, 2.05) is 0 Å². The molecule has 0 aromatic rings. The molecule has 0 aliphatic carbocycles. The molecule has 3 rings (SSSR count). The number of ether oxygens (including phenoxy) is 4. The van der Waals surface area contributed by atoms with Crippen LogP contribution in [0.15, 0.2) is 0 Å². The summed E-state index contributed by atoms with van der Waals surface area (Å²) in [5.74, 6) is -1.54. The molecule has 11 nitrogen and oxygen atoms in total. The minimum absolute atomic E-state index is 0.0137. The monoisotopic (exact) mass is 338 g/mol. The van der Waals surface area contributed by atoms with Crippen molar-refractivity contribution in [3.05, 3.63) is 0 Å². The van der Waals surface area contributed by atoms with Crippen LogP contribution in [0.25, 0.3) is 0 Å². The third-order valence-electron chi connectivity index (χ3n) is 4.19. The summed E-state index contributed by atoms with van der Waals surface area (Å²) in [5, 5.41) is 57.5. The van der Waals surface area contributed by atoms with Gasteiger partial charge in [0.2, 0.25) is 0 Å². The molecule has 23 heavy (non-hydrogen) atoms. The zero-order valence-electron chi connectivity index (χ0n) is 11.7. The number of rotatable bonds is 3. The van der Waals surface area contributed by atoms with Gasteiger partial charge in [0.05, 0.1) is 6.61 Å². The lowest BCUT2D eigenvalue weighted by Crippen LogP contribution is -2.63. The molecule has 132 valence electrons. The molecule has 11 heteroatoms. The Morgan fingerprint density at radius 2 is 1.65 bits per heavy atom. The molecule has 10 atom stereocenters. The molecule has 3 aliphatic heterocycles. The molecule has 3 aliphatic rings. The number of carboxylic acids is 1. The van der Waals surface area contributed by atoms with Crippen molar-refractivity contribution in [3.63, 3.8) is 0 Å². The van der Waals surface area contributed by atoms with Crippen LogP contribution in [0.2, 0.25) is 0 Å². The molecule has 0 aromatic carbocycles. The largest absolute Gasteiger partial charge is 0.479 e. The maximum Gasteiger partial charge on any atom is 0.335 e. The van der Waals surface area contributed by atoms with Crippen molar-refractivity contribution in [2.45, 2.75) is 61.4 Å². The van der Waals surface area contributed by atoms with E-state index in [1.165, 1.54) is 0 Å². The first-order valence-corrected chi connectivity index (χ1v) is 7.02. The van der Waals surface area contributed by atoms with Crippen LogP contribution in [-0.2, 0) is 23.7 Å². The van der Waals surface area contributed by atoms with E-state index >= 15 is 0 Å². The maximum absolute atomic E-state index is 11.0. The zero-order valence-corrected chi connectivity index (χ0v) is 11.7. The smallest absolute Gasteiger partial charge is 0.335 e. The van der Waals surface area contributed by atoms with Crippen molar-refractivity contribution in [3.8, 4) is 0 Å². The Morgan fingerprint density at radius 3 is 2.30 bits per heavy atom. The van der Waals surface area contributed by atoms with E-state index in [-0.39, 0.29) is 6.61 Å². The second kappa shape index (κ2) is 6.20. The van der Waals surface area contributed by atoms with E-state index in [1.54, 1.807) is 0 Å². The second-order valence-corrected chi connectivity index (χ2v) is 5.69. The average molecular weight is 338 g/mol. The molecular weight excluding hydrogens is 320 g/mol. The van der Waals surface area contributed by atoms with E-state index in [0.717, 1.165) is 0 Å². The zero-order chi connectivity index (χ0) is 16.9. The average Bonchev–Trinajstić information content (AvgIpc) is 2.81. The fourth-order valence-electron chi connectivity index (χ4n) is 2.92. The van der Waals surface area contributed by atoms with Crippen LogP contribution in [0.1, 0.15) is 0 Å². The van der Waals surface area contributed by atoms with Gasteiger partial charge in [-0.2, -0.15) is 0 Å². The number of aliphatic carboxylic acids is 1.